The second kappa shape index (κ2) is 5.27. The molecule has 4 nitrogen and oxygen atoms in total. The van der Waals surface area contributed by atoms with Gasteiger partial charge in [0, 0.05) is 6.61 Å². The van der Waals surface area contributed by atoms with E-state index in [0.717, 1.165) is 17.5 Å². The van der Waals surface area contributed by atoms with Crippen LogP contribution in [0.5, 0.6) is 0 Å². The van der Waals surface area contributed by atoms with E-state index in [1.807, 2.05) is 35.9 Å². The fraction of sp³-hybridized carbons (Fsp3) is 0.538. The predicted molar refractivity (Wildman–Crippen MR) is 67.6 cm³/mol. The summed E-state index contributed by atoms with van der Waals surface area (Å²) in [5.41, 5.74) is 1.95. The number of hydrogen-bond donors (Lipinski definition) is 0. The molecule has 2 rings (SSSR count). The van der Waals surface area contributed by atoms with Gasteiger partial charge in [0.05, 0.1) is 5.52 Å². The van der Waals surface area contributed by atoms with Gasteiger partial charge < -0.3 is 4.74 Å². The monoisotopic (exact) mass is 233 g/mol. The fourth-order valence-corrected chi connectivity index (χ4v) is 1.93. The Morgan fingerprint density at radius 1 is 1.29 bits per heavy atom. The van der Waals surface area contributed by atoms with E-state index in [-0.39, 0.29) is 6.23 Å². The van der Waals surface area contributed by atoms with Crippen LogP contribution in [0.2, 0.25) is 0 Å². The third-order valence-corrected chi connectivity index (χ3v) is 2.68. The van der Waals surface area contributed by atoms with Crippen LogP contribution in [0.3, 0.4) is 0 Å². The van der Waals surface area contributed by atoms with Gasteiger partial charge in [0.25, 0.3) is 0 Å². The molecule has 0 aliphatic heterocycles. The van der Waals surface area contributed by atoms with Gasteiger partial charge in [-0.25, -0.2) is 4.68 Å². The Hall–Kier alpha value is -1.42. The van der Waals surface area contributed by atoms with E-state index in [1.54, 1.807) is 0 Å². The lowest BCUT2D eigenvalue weighted by Crippen LogP contribution is -2.16. The Kier molecular flexibility index (Phi) is 3.74. The van der Waals surface area contributed by atoms with Crippen LogP contribution < -0.4 is 0 Å². The molecule has 0 fully saturated rings. The summed E-state index contributed by atoms with van der Waals surface area (Å²) < 4.78 is 7.65. The summed E-state index contributed by atoms with van der Waals surface area (Å²) in [6, 6.07) is 7.97. The Morgan fingerprint density at radius 2 is 2.06 bits per heavy atom. The second-order valence-corrected chi connectivity index (χ2v) is 4.56. The first-order valence-electron chi connectivity index (χ1n) is 6.14. The highest BCUT2D eigenvalue weighted by Gasteiger charge is 2.16. The maximum absolute atomic E-state index is 5.77. The van der Waals surface area contributed by atoms with Crippen LogP contribution in [-0.4, -0.2) is 21.6 Å². The average molecular weight is 233 g/mol. The van der Waals surface area contributed by atoms with Gasteiger partial charge >= 0.3 is 0 Å². The zero-order chi connectivity index (χ0) is 12.3. The highest BCUT2D eigenvalue weighted by molar-refractivity contribution is 5.73. The molecule has 1 aromatic carbocycles. The summed E-state index contributed by atoms with van der Waals surface area (Å²) in [5.74, 6) is 0.564. The maximum Gasteiger partial charge on any atom is 0.152 e. The number of nitrogens with zero attached hydrogens (tertiary/aromatic N) is 3. The van der Waals surface area contributed by atoms with Crippen LogP contribution in [0.15, 0.2) is 24.3 Å². The van der Waals surface area contributed by atoms with Crippen LogP contribution in [-0.2, 0) is 4.74 Å². The number of benzene rings is 1. The lowest BCUT2D eigenvalue weighted by Gasteiger charge is -2.19. The number of rotatable bonds is 5. The predicted octanol–water partition coefficient (Wildman–Crippen LogP) is 3.01. The van der Waals surface area contributed by atoms with Crippen molar-refractivity contribution >= 4 is 11.0 Å². The number of ether oxygens (including phenoxy) is 1. The largest absolute Gasteiger partial charge is 0.357 e. The molecule has 4 heteroatoms. The Balaban J connectivity index is 2.34. The summed E-state index contributed by atoms with van der Waals surface area (Å²) in [4.78, 5) is 0. The number of fused-ring (bicyclic) bond motifs is 1. The summed E-state index contributed by atoms with van der Waals surface area (Å²) >= 11 is 0. The van der Waals surface area contributed by atoms with E-state index in [4.69, 9.17) is 4.74 Å². The number of aromatic nitrogens is 3. The van der Waals surface area contributed by atoms with Gasteiger partial charge in [-0.05, 0) is 31.4 Å². The molecule has 0 saturated heterocycles. The molecule has 1 atom stereocenters. The third-order valence-electron chi connectivity index (χ3n) is 2.68. The Bertz CT molecular complexity index is 478. The molecule has 92 valence electrons. The van der Waals surface area contributed by atoms with Gasteiger partial charge in [-0.3, -0.25) is 0 Å². The van der Waals surface area contributed by atoms with Gasteiger partial charge in [0.15, 0.2) is 6.23 Å². The maximum atomic E-state index is 5.77. The average Bonchev–Trinajstić information content (AvgIpc) is 2.71. The van der Waals surface area contributed by atoms with Crippen LogP contribution in [0, 0.1) is 5.92 Å². The summed E-state index contributed by atoms with van der Waals surface area (Å²) in [6.07, 6.45) is 0.925. The minimum absolute atomic E-state index is 0.0209. The SMILES string of the molecule is CCOC(CC(C)C)n1nnc2ccccc21. The first-order chi connectivity index (χ1) is 8.22. The van der Waals surface area contributed by atoms with E-state index in [0.29, 0.717) is 12.5 Å². The summed E-state index contributed by atoms with van der Waals surface area (Å²) in [6.45, 7) is 7.06. The standard InChI is InChI=1S/C13H19N3O/c1-4-17-13(9-10(2)3)16-12-8-6-5-7-11(12)14-15-16/h5-8,10,13H,4,9H2,1-3H3. The van der Waals surface area contributed by atoms with Gasteiger partial charge in [-0.15, -0.1) is 5.10 Å². The van der Waals surface area contributed by atoms with Crippen LogP contribution >= 0.6 is 0 Å². The van der Waals surface area contributed by atoms with Crippen LogP contribution in [0.25, 0.3) is 11.0 Å². The van der Waals surface area contributed by atoms with E-state index >= 15 is 0 Å². The van der Waals surface area contributed by atoms with Gasteiger partial charge in [-0.1, -0.05) is 31.2 Å². The van der Waals surface area contributed by atoms with E-state index in [1.165, 1.54) is 0 Å². The molecule has 0 radical (unpaired) electrons. The first-order valence-corrected chi connectivity index (χ1v) is 6.14. The molecule has 0 spiro atoms. The molecule has 0 N–H and O–H groups in total. The van der Waals surface area contributed by atoms with Crippen molar-refractivity contribution in [2.75, 3.05) is 6.61 Å². The molecule has 2 aromatic rings. The van der Waals surface area contributed by atoms with Crippen molar-refractivity contribution in [1.82, 2.24) is 15.0 Å². The number of hydrogen-bond acceptors (Lipinski definition) is 3. The molecule has 1 aromatic heterocycles. The Labute approximate surface area is 102 Å². The van der Waals surface area contributed by atoms with Crippen molar-refractivity contribution in [3.8, 4) is 0 Å². The first kappa shape index (κ1) is 12.0. The van der Waals surface area contributed by atoms with Crippen molar-refractivity contribution in [1.29, 1.82) is 0 Å². The molecule has 0 amide bonds. The van der Waals surface area contributed by atoms with Gasteiger partial charge in [0.2, 0.25) is 0 Å². The minimum Gasteiger partial charge on any atom is -0.357 e. The molecule has 17 heavy (non-hydrogen) atoms. The zero-order valence-corrected chi connectivity index (χ0v) is 10.6. The summed E-state index contributed by atoms with van der Waals surface area (Å²) in [5, 5.41) is 8.37. The smallest absolute Gasteiger partial charge is 0.152 e. The molecule has 0 aliphatic rings. The van der Waals surface area contributed by atoms with Crippen LogP contribution in [0.1, 0.15) is 33.4 Å². The molecular formula is C13H19N3O. The zero-order valence-electron chi connectivity index (χ0n) is 10.6. The lowest BCUT2D eigenvalue weighted by atomic mass is 10.1. The molecule has 0 aliphatic carbocycles. The molecular weight excluding hydrogens is 214 g/mol. The second-order valence-electron chi connectivity index (χ2n) is 4.56. The van der Waals surface area contributed by atoms with Crippen molar-refractivity contribution in [3.63, 3.8) is 0 Å². The van der Waals surface area contributed by atoms with E-state index in [9.17, 15) is 0 Å². The normalized spacial score (nSPS) is 13.4. The van der Waals surface area contributed by atoms with E-state index < -0.39 is 0 Å². The topological polar surface area (TPSA) is 39.9 Å². The van der Waals surface area contributed by atoms with Crippen molar-refractivity contribution < 1.29 is 4.74 Å². The summed E-state index contributed by atoms with van der Waals surface area (Å²) in [7, 11) is 0. The van der Waals surface area contributed by atoms with Crippen LogP contribution in [0.4, 0.5) is 0 Å². The molecule has 1 unspecified atom stereocenters. The lowest BCUT2D eigenvalue weighted by molar-refractivity contribution is -0.0107. The van der Waals surface area contributed by atoms with Gasteiger partial charge in [-0.2, -0.15) is 0 Å². The van der Waals surface area contributed by atoms with Crippen molar-refractivity contribution in [2.24, 2.45) is 5.92 Å². The molecule has 0 bridgehead atoms. The third kappa shape index (κ3) is 2.64. The molecule has 0 saturated carbocycles. The highest BCUT2D eigenvalue weighted by atomic mass is 16.5. The number of para-hydroxylation sites is 1. The minimum atomic E-state index is -0.0209. The Morgan fingerprint density at radius 3 is 2.76 bits per heavy atom. The van der Waals surface area contributed by atoms with Crippen molar-refractivity contribution in [2.45, 2.75) is 33.4 Å². The highest BCUT2D eigenvalue weighted by Crippen LogP contribution is 2.22. The molecule has 1 heterocycles. The van der Waals surface area contributed by atoms with Crippen molar-refractivity contribution in [3.05, 3.63) is 24.3 Å². The van der Waals surface area contributed by atoms with E-state index in [2.05, 4.69) is 24.2 Å². The fourth-order valence-electron chi connectivity index (χ4n) is 1.93. The quantitative estimate of drug-likeness (QED) is 0.797. The van der Waals surface area contributed by atoms with Gasteiger partial charge in [0.1, 0.15) is 5.52 Å².